The second kappa shape index (κ2) is 9.41. The molecule has 0 spiro atoms. The fraction of sp³-hybridized carbons (Fsp3) is 0.500. The number of likely N-dealkylation sites (tertiary alicyclic amines) is 1. The number of piperidine rings is 1. The van der Waals surface area contributed by atoms with Gasteiger partial charge in [-0.3, -0.25) is 0 Å². The van der Waals surface area contributed by atoms with Gasteiger partial charge in [-0.15, -0.1) is 11.3 Å². The number of anilines is 1. The van der Waals surface area contributed by atoms with E-state index < -0.39 is 0 Å². The predicted molar refractivity (Wildman–Crippen MR) is 124 cm³/mol. The second-order valence-electron chi connectivity index (χ2n) is 8.45. The van der Waals surface area contributed by atoms with Crippen molar-refractivity contribution in [2.45, 2.75) is 25.7 Å². The minimum Gasteiger partial charge on any atom is -0.380 e. The molecule has 1 aromatic carbocycles. The van der Waals surface area contributed by atoms with Crippen LogP contribution in [-0.4, -0.2) is 60.8 Å². The molecule has 0 saturated carbocycles. The molecule has 2 aromatic heterocycles. The van der Waals surface area contributed by atoms with Crippen LogP contribution in [0.5, 0.6) is 0 Å². The lowest BCUT2D eigenvalue weighted by molar-refractivity contribution is 0.0753. The van der Waals surface area contributed by atoms with Crippen molar-refractivity contribution >= 4 is 27.4 Å². The number of rotatable bonds is 7. The summed E-state index contributed by atoms with van der Waals surface area (Å²) in [5, 5.41) is 3.42. The van der Waals surface area contributed by atoms with Crippen LogP contribution in [0.4, 0.5) is 5.82 Å². The zero-order chi connectivity index (χ0) is 20.2. The first-order chi connectivity index (χ1) is 14.9. The van der Waals surface area contributed by atoms with Crippen LogP contribution in [0.1, 0.15) is 25.7 Å². The van der Waals surface area contributed by atoms with Crippen molar-refractivity contribution in [3.05, 3.63) is 42.0 Å². The molecule has 5 rings (SSSR count). The maximum absolute atomic E-state index is 6.03. The number of hydrogen-bond acceptors (Lipinski definition) is 6. The average Bonchev–Trinajstić information content (AvgIpc) is 3.48. The first-order valence-corrected chi connectivity index (χ1v) is 12.1. The van der Waals surface area contributed by atoms with E-state index in [0.717, 1.165) is 43.5 Å². The van der Waals surface area contributed by atoms with Gasteiger partial charge >= 0.3 is 0 Å². The van der Waals surface area contributed by atoms with Crippen molar-refractivity contribution in [2.75, 3.05) is 50.8 Å². The highest BCUT2D eigenvalue weighted by molar-refractivity contribution is 7.17. The Morgan fingerprint density at radius 2 is 1.80 bits per heavy atom. The molecular weight excluding hydrogens is 392 g/mol. The zero-order valence-corrected chi connectivity index (χ0v) is 18.3. The molecule has 0 aliphatic carbocycles. The van der Waals surface area contributed by atoms with Crippen LogP contribution >= 0.6 is 11.3 Å². The number of hydrogen-bond donors (Lipinski definition) is 0. The van der Waals surface area contributed by atoms with E-state index in [1.807, 2.05) is 0 Å². The molecule has 30 heavy (non-hydrogen) atoms. The van der Waals surface area contributed by atoms with E-state index in [1.165, 1.54) is 55.3 Å². The number of nitrogens with zero attached hydrogens (tertiary/aromatic N) is 4. The Morgan fingerprint density at radius 3 is 2.60 bits per heavy atom. The largest absolute Gasteiger partial charge is 0.380 e. The minimum absolute atomic E-state index is 0.660. The van der Waals surface area contributed by atoms with Gasteiger partial charge in [0.2, 0.25) is 0 Å². The molecule has 158 valence electrons. The topological polar surface area (TPSA) is 41.5 Å². The van der Waals surface area contributed by atoms with Crippen LogP contribution in [0, 0.1) is 5.92 Å². The molecule has 0 N–H and O–H groups in total. The number of thiophene rings is 1. The van der Waals surface area contributed by atoms with Gasteiger partial charge in [-0.2, -0.15) is 0 Å². The summed E-state index contributed by atoms with van der Waals surface area (Å²) in [4.78, 5) is 15.3. The van der Waals surface area contributed by atoms with Crippen molar-refractivity contribution < 1.29 is 4.74 Å². The summed E-state index contributed by atoms with van der Waals surface area (Å²) < 4.78 is 6.03. The molecule has 2 aliphatic rings. The van der Waals surface area contributed by atoms with Crippen LogP contribution in [0.25, 0.3) is 21.3 Å². The van der Waals surface area contributed by atoms with Gasteiger partial charge < -0.3 is 14.5 Å². The molecule has 0 unspecified atom stereocenters. The van der Waals surface area contributed by atoms with Gasteiger partial charge in [-0.25, -0.2) is 9.97 Å². The maximum Gasteiger partial charge on any atom is 0.141 e. The van der Waals surface area contributed by atoms with Crippen molar-refractivity contribution in [3.63, 3.8) is 0 Å². The predicted octanol–water partition coefficient (Wildman–Crippen LogP) is 4.69. The lowest BCUT2D eigenvalue weighted by Gasteiger charge is -2.33. The lowest BCUT2D eigenvalue weighted by atomic mass is 9.97. The lowest BCUT2D eigenvalue weighted by Crippen LogP contribution is -2.36. The van der Waals surface area contributed by atoms with Crippen LogP contribution in [-0.2, 0) is 4.74 Å². The number of benzene rings is 1. The normalized spacial score (nSPS) is 18.5. The van der Waals surface area contributed by atoms with Gasteiger partial charge in [-0.1, -0.05) is 30.3 Å². The van der Waals surface area contributed by atoms with Crippen molar-refractivity contribution in [1.29, 1.82) is 0 Å². The summed E-state index contributed by atoms with van der Waals surface area (Å²) in [7, 11) is 0. The smallest absolute Gasteiger partial charge is 0.141 e. The van der Waals surface area contributed by atoms with Crippen molar-refractivity contribution in [1.82, 2.24) is 14.9 Å². The molecule has 0 atom stereocenters. The molecule has 6 heteroatoms. The monoisotopic (exact) mass is 422 g/mol. The maximum atomic E-state index is 6.03. The SMILES string of the molecule is c1ccc(-c2csc3ncnc(N4CCC(COCCN5CCCC5)CC4)c23)cc1. The molecule has 4 heterocycles. The molecule has 0 bridgehead atoms. The van der Waals surface area contributed by atoms with Gasteiger partial charge in [0.25, 0.3) is 0 Å². The third-order valence-electron chi connectivity index (χ3n) is 6.45. The van der Waals surface area contributed by atoms with E-state index in [2.05, 4.69) is 50.5 Å². The first-order valence-electron chi connectivity index (χ1n) is 11.2. The van der Waals surface area contributed by atoms with Crippen molar-refractivity contribution in [2.24, 2.45) is 5.92 Å². The number of fused-ring (bicyclic) bond motifs is 1. The van der Waals surface area contributed by atoms with E-state index in [0.29, 0.717) is 5.92 Å². The van der Waals surface area contributed by atoms with E-state index in [-0.39, 0.29) is 0 Å². The third kappa shape index (κ3) is 4.36. The summed E-state index contributed by atoms with van der Waals surface area (Å²) in [5.74, 6) is 1.75. The van der Waals surface area contributed by atoms with E-state index in [1.54, 1.807) is 17.7 Å². The molecule has 2 saturated heterocycles. The number of ether oxygens (including phenoxy) is 1. The summed E-state index contributed by atoms with van der Waals surface area (Å²) >= 11 is 1.71. The second-order valence-corrected chi connectivity index (χ2v) is 9.31. The summed E-state index contributed by atoms with van der Waals surface area (Å²) in [6, 6.07) is 10.6. The van der Waals surface area contributed by atoms with Gasteiger partial charge in [-0.05, 0) is 50.3 Å². The Balaban J connectivity index is 1.21. The van der Waals surface area contributed by atoms with Crippen molar-refractivity contribution in [3.8, 4) is 11.1 Å². The quantitative estimate of drug-likeness (QED) is 0.517. The Labute approximate surface area is 182 Å². The zero-order valence-electron chi connectivity index (χ0n) is 17.5. The molecular formula is C24H30N4OS. The number of aromatic nitrogens is 2. The molecule has 2 aliphatic heterocycles. The Hall–Kier alpha value is -2.02. The fourth-order valence-corrected chi connectivity index (χ4v) is 5.60. The van der Waals surface area contributed by atoms with E-state index in [4.69, 9.17) is 9.72 Å². The highest BCUT2D eigenvalue weighted by Gasteiger charge is 2.24. The van der Waals surface area contributed by atoms with E-state index in [9.17, 15) is 0 Å². The molecule has 0 radical (unpaired) electrons. The first kappa shape index (κ1) is 19.9. The third-order valence-corrected chi connectivity index (χ3v) is 7.34. The van der Waals surface area contributed by atoms with Gasteiger partial charge in [0, 0.05) is 37.2 Å². The summed E-state index contributed by atoms with van der Waals surface area (Å²) in [6.07, 6.45) is 6.76. The molecule has 5 nitrogen and oxygen atoms in total. The summed E-state index contributed by atoms with van der Waals surface area (Å²) in [6.45, 7) is 7.45. The Morgan fingerprint density at radius 1 is 1.00 bits per heavy atom. The fourth-order valence-electron chi connectivity index (χ4n) is 4.69. The van der Waals surface area contributed by atoms with Crippen LogP contribution in [0.3, 0.4) is 0 Å². The average molecular weight is 423 g/mol. The molecule has 2 fully saturated rings. The van der Waals surface area contributed by atoms with E-state index >= 15 is 0 Å². The highest BCUT2D eigenvalue weighted by atomic mass is 32.1. The van der Waals surface area contributed by atoms with Gasteiger partial charge in [0.15, 0.2) is 0 Å². The van der Waals surface area contributed by atoms with Crippen LogP contribution in [0.15, 0.2) is 42.0 Å². The highest BCUT2D eigenvalue weighted by Crippen LogP contribution is 2.38. The standard InChI is InChI=1S/C24H30N4OS/c1-2-6-20(7-3-1)21-17-30-24-22(21)23(25-18-26-24)28-12-8-19(9-13-28)16-29-15-14-27-10-4-5-11-27/h1-3,6-7,17-19H,4-5,8-16H2. The van der Waals surface area contributed by atoms with Gasteiger partial charge in [0.1, 0.15) is 17.0 Å². The Kier molecular flexibility index (Phi) is 6.25. The van der Waals surface area contributed by atoms with Crippen LogP contribution in [0.2, 0.25) is 0 Å². The van der Waals surface area contributed by atoms with Crippen LogP contribution < -0.4 is 4.90 Å². The molecule has 0 amide bonds. The minimum atomic E-state index is 0.660. The Bertz CT molecular complexity index is 946. The van der Waals surface area contributed by atoms with Gasteiger partial charge in [0.05, 0.1) is 12.0 Å². The molecule has 3 aromatic rings. The summed E-state index contributed by atoms with van der Waals surface area (Å²) in [5.41, 5.74) is 2.49.